The quantitative estimate of drug-likeness (QED) is 0.812. The lowest BCUT2D eigenvalue weighted by atomic mass is 10.2. The third kappa shape index (κ3) is 2.39. The molecular formula is C15H10BrNO2. The van der Waals surface area contributed by atoms with Crippen LogP contribution in [0, 0.1) is 0 Å². The topological polar surface area (TPSA) is 38.3 Å². The maximum atomic E-state index is 12.0. The molecule has 3 nitrogen and oxygen atoms in total. The van der Waals surface area contributed by atoms with Crippen LogP contribution in [0.5, 0.6) is 5.75 Å². The summed E-state index contributed by atoms with van der Waals surface area (Å²) in [5, 5.41) is 2.80. The molecule has 19 heavy (non-hydrogen) atoms. The Morgan fingerprint density at radius 3 is 2.63 bits per heavy atom. The van der Waals surface area contributed by atoms with Gasteiger partial charge in [-0.25, -0.2) is 0 Å². The van der Waals surface area contributed by atoms with Crippen LogP contribution in [-0.4, -0.2) is 5.91 Å². The molecule has 1 N–H and O–H groups in total. The van der Waals surface area contributed by atoms with Crippen molar-refractivity contribution in [1.82, 2.24) is 0 Å². The zero-order chi connectivity index (χ0) is 13.2. The summed E-state index contributed by atoms with van der Waals surface area (Å²) in [5.41, 5.74) is 1.59. The Labute approximate surface area is 119 Å². The summed E-state index contributed by atoms with van der Waals surface area (Å²) < 4.78 is 6.55. The van der Waals surface area contributed by atoms with E-state index in [0.717, 1.165) is 10.0 Å². The maximum absolute atomic E-state index is 12.0. The van der Waals surface area contributed by atoms with E-state index < -0.39 is 0 Å². The van der Waals surface area contributed by atoms with E-state index in [1.807, 2.05) is 48.5 Å². The molecule has 1 aliphatic rings. The largest absolute Gasteiger partial charge is 0.449 e. The number of benzene rings is 2. The number of fused-ring (bicyclic) bond motifs is 1. The van der Waals surface area contributed by atoms with Crippen molar-refractivity contribution in [2.45, 2.75) is 0 Å². The van der Waals surface area contributed by atoms with Crippen molar-refractivity contribution in [2.24, 2.45) is 0 Å². The Bertz CT molecular complexity index is 679. The van der Waals surface area contributed by atoms with Crippen molar-refractivity contribution < 1.29 is 9.53 Å². The van der Waals surface area contributed by atoms with Crippen LogP contribution in [0.25, 0.3) is 6.08 Å². The molecule has 0 saturated heterocycles. The van der Waals surface area contributed by atoms with Crippen LogP contribution in [0.4, 0.5) is 5.69 Å². The number of carbonyl (C=O) groups excluding carboxylic acids is 1. The molecule has 0 aromatic heterocycles. The zero-order valence-corrected chi connectivity index (χ0v) is 11.5. The Kier molecular flexibility index (Phi) is 3.09. The lowest BCUT2D eigenvalue weighted by Gasteiger charge is -2.19. The highest BCUT2D eigenvalue weighted by atomic mass is 79.9. The summed E-state index contributed by atoms with van der Waals surface area (Å²) in [5.74, 6) is 0.695. The smallest absolute Gasteiger partial charge is 0.291 e. The number of para-hydroxylation sites is 2. The summed E-state index contributed by atoms with van der Waals surface area (Å²) in [4.78, 5) is 12.0. The minimum atomic E-state index is -0.241. The van der Waals surface area contributed by atoms with E-state index in [1.165, 1.54) is 0 Å². The molecule has 2 aromatic carbocycles. The lowest BCUT2D eigenvalue weighted by Crippen LogP contribution is -2.23. The summed E-state index contributed by atoms with van der Waals surface area (Å²) in [7, 11) is 0. The molecule has 1 amide bonds. The number of rotatable bonds is 1. The summed E-state index contributed by atoms with van der Waals surface area (Å²) >= 11 is 3.44. The first-order chi connectivity index (χ1) is 9.24. The first kappa shape index (κ1) is 12.0. The van der Waals surface area contributed by atoms with Gasteiger partial charge < -0.3 is 10.1 Å². The van der Waals surface area contributed by atoms with E-state index in [9.17, 15) is 4.79 Å². The van der Waals surface area contributed by atoms with Crippen molar-refractivity contribution in [3.05, 3.63) is 64.3 Å². The third-order valence-electron chi connectivity index (χ3n) is 2.77. The van der Waals surface area contributed by atoms with Gasteiger partial charge in [0.1, 0.15) is 0 Å². The van der Waals surface area contributed by atoms with E-state index in [2.05, 4.69) is 21.2 Å². The average molecular weight is 316 g/mol. The summed E-state index contributed by atoms with van der Waals surface area (Å²) in [6.45, 7) is 0. The molecule has 0 unspecified atom stereocenters. The van der Waals surface area contributed by atoms with Gasteiger partial charge in [-0.3, -0.25) is 4.79 Å². The second-order valence-electron chi connectivity index (χ2n) is 4.08. The SMILES string of the molecule is O=C1Nc2ccccc2O/C1=C\c1ccccc1Br. The van der Waals surface area contributed by atoms with Crippen molar-refractivity contribution in [2.75, 3.05) is 5.32 Å². The summed E-state index contributed by atoms with van der Waals surface area (Å²) in [6, 6.07) is 15.0. The molecule has 2 aromatic rings. The third-order valence-corrected chi connectivity index (χ3v) is 3.49. The van der Waals surface area contributed by atoms with E-state index in [1.54, 1.807) is 6.08 Å². The number of amides is 1. The molecule has 94 valence electrons. The van der Waals surface area contributed by atoms with Crippen molar-refractivity contribution in [3.63, 3.8) is 0 Å². The number of nitrogens with one attached hydrogen (secondary N) is 1. The molecule has 1 heterocycles. The van der Waals surface area contributed by atoms with Crippen LogP contribution >= 0.6 is 15.9 Å². The second kappa shape index (κ2) is 4.90. The van der Waals surface area contributed by atoms with Crippen molar-refractivity contribution in [3.8, 4) is 5.75 Å². The highest BCUT2D eigenvalue weighted by molar-refractivity contribution is 9.10. The molecule has 0 spiro atoms. The van der Waals surface area contributed by atoms with Gasteiger partial charge in [0.25, 0.3) is 5.91 Å². The fourth-order valence-corrected chi connectivity index (χ4v) is 2.24. The number of halogens is 1. The van der Waals surface area contributed by atoms with E-state index >= 15 is 0 Å². The number of anilines is 1. The van der Waals surface area contributed by atoms with Gasteiger partial charge >= 0.3 is 0 Å². The Morgan fingerprint density at radius 2 is 1.79 bits per heavy atom. The Morgan fingerprint density at radius 1 is 1.05 bits per heavy atom. The molecule has 0 bridgehead atoms. The van der Waals surface area contributed by atoms with E-state index in [4.69, 9.17) is 4.74 Å². The van der Waals surface area contributed by atoms with Gasteiger partial charge in [0.15, 0.2) is 11.5 Å². The van der Waals surface area contributed by atoms with Gasteiger partial charge in [-0.15, -0.1) is 0 Å². The highest BCUT2D eigenvalue weighted by Crippen LogP contribution is 2.31. The van der Waals surface area contributed by atoms with Crippen molar-refractivity contribution >= 4 is 33.6 Å². The van der Waals surface area contributed by atoms with Gasteiger partial charge in [-0.2, -0.15) is 0 Å². The zero-order valence-electron chi connectivity index (χ0n) is 9.89. The molecule has 0 aliphatic carbocycles. The predicted octanol–water partition coefficient (Wildman–Crippen LogP) is 3.82. The molecule has 0 fully saturated rings. The number of hydrogen-bond acceptors (Lipinski definition) is 2. The van der Waals surface area contributed by atoms with Crippen LogP contribution < -0.4 is 10.1 Å². The molecule has 0 atom stereocenters. The van der Waals surface area contributed by atoms with Crippen LogP contribution in [0.1, 0.15) is 5.56 Å². The van der Waals surface area contributed by atoms with Gasteiger partial charge in [-0.05, 0) is 29.8 Å². The molecule has 0 saturated carbocycles. The van der Waals surface area contributed by atoms with Gasteiger partial charge in [0.05, 0.1) is 5.69 Å². The van der Waals surface area contributed by atoms with Crippen molar-refractivity contribution in [1.29, 1.82) is 0 Å². The first-order valence-corrected chi connectivity index (χ1v) is 6.58. The monoisotopic (exact) mass is 315 g/mol. The molecular weight excluding hydrogens is 306 g/mol. The number of ether oxygens (including phenoxy) is 1. The normalized spacial score (nSPS) is 15.6. The molecule has 4 heteroatoms. The predicted molar refractivity (Wildman–Crippen MR) is 77.8 cm³/mol. The minimum Gasteiger partial charge on any atom is -0.449 e. The van der Waals surface area contributed by atoms with E-state index in [-0.39, 0.29) is 11.7 Å². The van der Waals surface area contributed by atoms with Gasteiger partial charge in [-0.1, -0.05) is 46.3 Å². The highest BCUT2D eigenvalue weighted by Gasteiger charge is 2.21. The second-order valence-corrected chi connectivity index (χ2v) is 4.94. The maximum Gasteiger partial charge on any atom is 0.291 e. The molecule has 0 radical (unpaired) electrons. The molecule has 1 aliphatic heterocycles. The lowest BCUT2D eigenvalue weighted by molar-refractivity contribution is -0.115. The minimum absolute atomic E-state index is 0.241. The van der Waals surface area contributed by atoms with Gasteiger partial charge in [0, 0.05) is 4.47 Å². The van der Waals surface area contributed by atoms with Gasteiger partial charge in [0.2, 0.25) is 0 Å². The molecule has 3 rings (SSSR count). The average Bonchev–Trinajstić information content (AvgIpc) is 2.42. The van der Waals surface area contributed by atoms with Crippen LogP contribution in [0.3, 0.4) is 0 Å². The van der Waals surface area contributed by atoms with E-state index in [0.29, 0.717) is 11.4 Å². The Balaban J connectivity index is 1.99. The standard InChI is InChI=1S/C15H10BrNO2/c16-11-6-2-1-5-10(11)9-14-15(18)17-12-7-3-4-8-13(12)19-14/h1-9H,(H,17,18)/b14-9-. The summed E-state index contributed by atoms with van der Waals surface area (Å²) in [6.07, 6.45) is 1.72. The van der Waals surface area contributed by atoms with Crippen LogP contribution in [0.15, 0.2) is 58.8 Å². The van der Waals surface area contributed by atoms with Crippen LogP contribution in [-0.2, 0) is 4.79 Å². The Hall–Kier alpha value is -2.07. The number of hydrogen-bond donors (Lipinski definition) is 1. The fraction of sp³-hybridized carbons (Fsp3) is 0. The first-order valence-electron chi connectivity index (χ1n) is 5.78. The van der Waals surface area contributed by atoms with Crippen LogP contribution in [0.2, 0.25) is 0 Å². The fourth-order valence-electron chi connectivity index (χ4n) is 1.84. The number of carbonyl (C=O) groups is 1.